The van der Waals surface area contributed by atoms with Gasteiger partial charge in [0.05, 0.1) is 6.61 Å². The molecular formula is C18H23NO6. The highest BCUT2D eigenvalue weighted by atomic mass is 16.6. The minimum Gasteiger partial charge on any atom is -0.481 e. The van der Waals surface area contributed by atoms with E-state index in [-0.39, 0.29) is 26.1 Å². The molecule has 1 saturated heterocycles. The van der Waals surface area contributed by atoms with Crippen LogP contribution in [0.4, 0.5) is 4.79 Å². The van der Waals surface area contributed by atoms with Gasteiger partial charge in [0.2, 0.25) is 0 Å². The normalized spacial score (nSPS) is 19.5. The summed E-state index contributed by atoms with van der Waals surface area (Å²) in [7, 11) is 0. The fourth-order valence-corrected chi connectivity index (χ4v) is 3.10. The Labute approximate surface area is 146 Å². The number of carboxylic acid groups (broad SMARTS) is 1. The average molecular weight is 349 g/mol. The molecule has 1 amide bonds. The predicted molar refractivity (Wildman–Crippen MR) is 88.8 cm³/mol. The molecule has 25 heavy (non-hydrogen) atoms. The highest BCUT2D eigenvalue weighted by Crippen LogP contribution is 2.35. The first-order valence-corrected chi connectivity index (χ1v) is 8.37. The lowest BCUT2D eigenvalue weighted by atomic mass is 9.90. The Morgan fingerprint density at radius 3 is 2.56 bits per heavy atom. The molecule has 0 saturated carbocycles. The van der Waals surface area contributed by atoms with Crippen LogP contribution in [0.15, 0.2) is 30.3 Å². The molecule has 2 rings (SSSR count). The van der Waals surface area contributed by atoms with E-state index in [2.05, 4.69) is 0 Å². The number of aliphatic carboxylic acids is 1. The van der Waals surface area contributed by atoms with Crippen molar-refractivity contribution in [2.45, 2.75) is 44.8 Å². The Hall–Kier alpha value is -2.57. The van der Waals surface area contributed by atoms with E-state index in [1.54, 1.807) is 6.92 Å². The zero-order valence-electron chi connectivity index (χ0n) is 14.3. The van der Waals surface area contributed by atoms with Gasteiger partial charge in [-0.1, -0.05) is 30.3 Å². The van der Waals surface area contributed by atoms with Crippen molar-refractivity contribution in [3.05, 3.63) is 35.9 Å². The van der Waals surface area contributed by atoms with E-state index >= 15 is 0 Å². The van der Waals surface area contributed by atoms with E-state index in [0.717, 1.165) is 5.56 Å². The van der Waals surface area contributed by atoms with Crippen LogP contribution in [0.5, 0.6) is 0 Å². The number of carbonyl (C=O) groups is 3. The van der Waals surface area contributed by atoms with E-state index in [1.165, 1.54) is 4.90 Å². The Balaban J connectivity index is 2.12. The summed E-state index contributed by atoms with van der Waals surface area (Å²) in [6.45, 7) is 2.27. The number of amides is 1. The third-order valence-corrected chi connectivity index (χ3v) is 4.32. The summed E-state index contributed by atoms with van der Waals surface area (Å²) in [6.07, 6.45) is 0.140. The van der Waals surface area contributed by atoms with Gasteiger partial charge in [-0.2, -0.15) is 0 Å². The minimum atomic E-state index is -1.26. The lowest BCUT2D eigenvalue weighted by Crippen LogP contribution is -2.54. The quantitative estimate of drug-likeness (QED) is 0.761. The number of ether oxygens (including phenoxy) is 2. The van der Waals surface area contributed by atoms with Gasteiger partial charge in [-0.3, -0.25) is 9.69 Å². The van der Waals surface area contributed by atoms with Crippen LogP contribution in [0.3, 0.4) is 0 Å². The predicted octanol–water partition coefficient (Wildman–Crippen LogP) is 2.59. The molecule has 136 valence electrons. The number of rotatable bonds is 7. The molecule has 7 nitrogen and oxygen atoms in total. The summed E-state index contributed by atoms with van der Waals surface area (Å²) in [4.78, 5) is 37.3. The molecule has 1 heterocycles. The third-order valence-electron chi connectivity index (χ3n) is 4.32. The topological polar surface area (TPSA) is 93.1 Å². The maximum absolute atomic E-state index is 12.5. The van der Waals surface area contributed by atoms with Gasteiger partial charge in [0.1, 0.15) is 12.1 Å². The summed E-state index contributed by atoms with van der Waals surface area (Å²) in [5.74, 6) is -1.58. The zero-order valence-corrected chi connectivity index (χ0v) is 14.3. The molecule has 1 aromatic carbocycles. The van der Waals surface area contributed by atoms with Gasteiger partial charge in [0, 0.05) is 13.0 Å². The second-order valence-electron chi connectivity index (χ2n) is 5.94. The Morgan fingerprint density at radius 1 is 1.20 bits per heavy atom. The monoisotopic (exact) mass is 349 g/mol. The van der Waals surface area contributed by atoms with Gasteiger partial charge in [-0.15, -0.1) is 0 Å². The fourth-order valence-electron chi connectivity index (χ4n) is 3.10. The molecule has 0 radical (unpaired) electrons. The van der Waals surface area contributed by atoms with Crippen molar-refractivity contribution in [1.82, 2.24) is 4.90 Å². The number of nitrogens with zero attached hydrogens (tertiary/aromatic N) is 1. The Kier molecular flexibility index (Phi) is 6.38. The van der Waals surface area contributed by atoms with Gasteiger partial charge in [-0.05, 0) is 31.7 Å². The molecule has 1 aromatic rings. The van der Waals surface area contributed by atoms with E-state index in [9.17, 15) is 14.4 Å². The largest absolute Gasteiger partial charge is 0.481 e. The van der Waals surface area contributed by atoms with Crippen LogP contribution in [0.2, 0.25) is 0 Å². The number of carboxylic acids is 1. The number of hydrogen-bond acceptors (Lipinski definition) is 5. The van der Waals surface area contributed by atoms with Gasteiger partial charge in [0.15, 0.2) is 0 Å². The van der Waals surface area contributed by atoms with Crippen molar-refractivity contribution in [3.8, 4) is 0 Å². The second-order valence-corrected chi connectivity index (χ2v) is 5.94. The summed E-state index contributed by atoms with van der Waals surface area (Å²) in [6, 6.07) is 9.22. The average Bonchev–Trinajstić information content (AvgIpc) is 3.04. The highest BCUT2D eigenvalue weighted by Gasteiger charge is 2.51. The summed E-state index contributed by atoms with van der Waals surface area (Å²) in [5, 5.41) is 8.99. The lowest BCUT2D eigenvalue weighted by molar-refractivity contribution is -0.156. The molecule has 0 spiro atoms. The van der Waals surface area contributed by atoms with Crippen molar-refractivity contribution in [2.75, 3.05) is 13.2 Å². The van der Waals surface area contributed by atoms with Crippen LogP contribution in [0, 0.1) is 0 Å². The molecule has 1 aliphatic heterocycles. The second kappa shape index (κ2) is 8.50. The Bertz CT molecular complexity index is 617. The molecule has 0 aliphatic carbocycles. The van der Waals surface area contributed by atoms with Crippen LogP contribution in [0.25, 0.3) is 0 Å². The number of esters is 1. The van der Waals surface area contributed by atoms with Gasteiger partial charge >= 0.3 is 18.0 Å². The summed E-state index contributed by atoms with van der Waals surface area (Å²) in [5.41, 5.74) is -0.426. The number of likely N-dealkylation sites (tertiary alicyclic amines) is 1. The summed E-state index contributed by atoms with van der Waals surface area (Å²) < 4.78 is 10.5. The smallest absolute Gasteiger partial charge is 0.411 e. The van der Waals surface area contributed by atoms with Gasteiger partial charge in [-0.25, -0.2) is 9.59 Å². The standard InChI is InChI=1S/C18H23NO6/c1-2-24-16(22)18(11-9-15(20)21)10-6-12-19(18)17(23)25-13-14-7-4-3-5-8-14/h3-5,7-8H,2,6,9-13H2,1H3,(H,20,21)/t18-/m1/s1. The number of benzene rings is 1. The molecule has 1 fully saturated rings. The van der Waals surface area contributed by atoms with Crippen LogP contribution in [-0.2, 0) is 25.7 Å². The van der Waals surface area contributed by atoms with E-state index in [4.69, 9.17) is 14.6 Å². The maximum atomic E-state index is 12.5. The first kappa shape index (κ1) is 18.8. The van der Waals surface area contributed by atoms with Crippen molar-refractivity contribution in [1.29, 1.82) is 0 Å². The number of carbonyl (C=O) groups excluding carboxylic acids is 2. The zero-order chi connectivity index (χ0) is 18.3. The van der Waals surface area contributed by atoms with Crippen molar-refractivity contribution in [3.63, 3.8) is 0 Å². The van der Waals surface area contributed by atoms with Crippen molar-refractivity contribution < 1.29 is 29.0 Å². The van der Waals surface area contributed by atoms with Crippen LogP contribution < -0.4 is 0 Å². The number of hydrogen-bond donors (Lipinski definition) is 1. The van der Waals surface area contributed by atoms with Gasteiger partial charge < -0.3 is 14.6 Å². The van der Waals surface area contributed by atoms with E-state index < -0.39 is 23.6 Å². The van der Waals surface area contributed by atoms with Crippen LogP contribution in [-0.4, -0.2) is 46.7 Å². The molecule has 0 bridgehead atoms. The molecule has 0 unspecified atom stereocenters. The minimum absolute atomic E-state index is 0.0155. The van der Waals surface area contributed by atoms with Crippen LogP contribution in [0.1, 0.15) is 38.2 Å². The Morgan fingerprint density at radius 2 is 1.92 bits per heavy atom. The molecule has 0 aromatic heterocycles. The molecule has 7 heteroatoms. The lowest BCUT2D eigenvalue weighted by Gasteiger charge is -2.35. The SMILES string of the molecule is CCOC(=O)[C@]1(CCC(=O)O)CCCN1C(=O)OCc1ccccc1. The van der Waals surface area contributed by atoms with Crippen LogP contribution >= 0.6 is 0 Å². The molecule has 1 aliphatic rings. The van der Waals surface area contributed by atoms with E-state index in [1.807, 2.05) is 30.3 Å². The third kappa shape index (κ3) is 4.49. The van der Waals surface area contributed by atoms with Gasteiger partial charge in [0.25, 0.3) is 0 Å². The maximum Gasteiger partial charge on any atom is 0.411 e. The first-order chi connectivity index (χ1) is 12.0. The summed E-state index contributed by atoms with van der Waals surface area (Å²) >= 11 is 0. The van der Waals surface area contributed by atoms with E-state index in [0.29, 0.717) is 19.4 Å². The fraction of sp³-hybridized carbons (Fsp3) is 0.500. The first-order valence-electron chi connectivity index (χ1n) is 8.37. The highest BCUT2D eigenvalue weighted by molar-refractivity contribution is 5.87. The molecule has 1 N–H and O–H groups in total. The molecule has 1 atom stereocenters. The van der Waals surface area contributed by atoms with Crippen molar-refractivity contribution in [2.24, 2.45) is 0 Å². The molecular weight excluding hydrogens is 326 g/mol. The van der Waals surface area contributed by atoms with Crippen molar-refractivity contribution >= 4 is 18.0 Å².